The van der Waals surface area contributed by atoms with Gasteiger partial charge in [-0.25, -0.2) is 0 Å². The van der Waals surface area contributed by atoms with E-state index in [1.807, 2.05) is 14.1 Å². The van der Waals surface area contributed by atoms with Crippen molar-refractivity contribution in [2.45, 2.75) is 25.4 Å². The van der Waals surface area contributed by atoms with Crippen LogP contribution in [0.5, 0.6) is 0 Å². The Morgan fingerprint density at radius 3 is 3.06 bits per heavy atom. The predicted octanol–water partition coefficient (Wildman–Crippen LogP) is -0.496. The predicted molar refractivity (Wildman–Crippen MR) is 61.5 cm³/mol. The lowest BCUT2D eigenvalue weighted by Crippen LogP contribution is -2.40. The van der Waals surface area contributed by atoms with E-state index in [1.165, 1.54) is 0 Å². The van der Waals surface area contributed by atoms with Gasteiger partial charge in [0, 0.05) is 14.1 Å². The van der Waals surface area contributed by atoms with Gasteiger partial charge >= 0.3 is 0 Å². The number of nitrogens with zero attached hydrogens (tertiary/aromatic N) is 3. The molecule has 1 aromatic heterocycles. The zero-order valence-electron chi connectivity index (χ0n) is 10.1. The van der Waals surface area contributed by atoms with E-state index >= 15 is 0 Å². The average molecular weight is 239 g/mol. The molecule has 2 N–H and O–H groups in total. The zero-order chi connectivity index (χ0) is 12.3. The molecule has 17 heavy (non-hydrogen) atoms. The van der Waals surface area contributed by atoms with Crippen LogP contribution in [-0.4, -0.2) is 42.7 Å². The van der Waals surface area contributed by atoms with Gasteiger partial charge in [0.15, 0.2) is 0 Å². The lowest BCUT2D eigenvalue weighted by molar-refractivity contribution is -0.123. The molecule has 2 heterocycles. The molecule has 1 unspecified atom stereocenters. The van der Waals surface area contributed by atoms with Crippen molar-refractivity contribution < 1.29 is 9.32 Å². The highest BCUT2D eigenvalue weighted by Crippen LogP contribution is 2.07. The molecule has 0 aliphatic carbocycles. The van der Waals surface area contributed by atoms with Crippen LogP contribution in [0, 0.1) is 0 Å². The van der Waals surface area contributed by atoms with Crippen molar-refractivity contribution in [1.29, 1.82) is 0 Å². The lowest BCUT2D eigenvalue weighted by atomic mass is 10.2. The summed E-state index contributed by atoms with van der Waals surface area (Å²) >= 11 is 0. The van der Waals surface area contributed by atoms with E-state index in [2.05, 4.69) is 20.8 Å². The Kier molecular flexibility index (Phi) is 3.58. The summed E-state index contributed by atoms with van der Waals surface area (Å²) in [6.45, 7) is 1.18. The first-order valence-electron chi connectivity index (χ1n) is 5.68. The molecular formula is C10H17N5O2. The molecule has 0 saturated carbocycles. The van der Waals surface area contributed by atoms with E-state index in [0.29, 0.717) is 11.8 Å². The Morgan fingerprint density at radius 2 is 2.47 bits per heavy atom. The van der Waals surface area contributed by atoms with Crippen LogP contribution in [-0.2, 0) is 11.3 Å². The first-order valence-corrected chi connectivity index (χ1v) is 5.68. The molecule has 0 spiro atoms. The Balaban J connectivity index is 1.82. The molecule has 0 radical (unpaired) electrons. The highest BCUT2D eigenvalue weighted by molar-refractivity contribution is 5.81. The molecule has 2 rings (SSSR count). The first kappa shape index (κ1) is 11.8. The van der Waals surface area contributed by atoms with Crippen molar-refractivity contribution in [3.8, 4) is 0 Å². The third kappa shape index (κ3) is 2.94. The van der Waals surface area contributed by atoms with Crippen molar-refractivity contribution in [1.82, 2.24) is 20.8 Å². The monoisotopic (exact) mass is 239 g/mol. The number of amides is 1. The number of nitrogens with one attached hydrogen (secondary N) is 2. The Morgan fingerprint density at radius 1 is 1.65 bits per heavy atom. The SMILES string of the molecule is CN(C)c1noc(CNC(=O)C2CCCN2)n1. The molecule has 1 aliphatic rings. The van der Waals surface area contributed by atoms with Gasteiger partial charge in [0.05, 0.1) is 12.6 Å². The summed E-state index contributed by atoms with van der Waals surface area (Å²) in [5.41, 5.74) is 0. The van der Waals surface area contributed by atoms with Crippen LogP contribution in [0.25, 0.3) is 0 Å². The maximum Gasteiger partial charge on any atom is 0.265 e. The van der Waals surface area contributed by atoms with Crippen LogP contribution in [0.1, 0.15) is 18.7 Å². The van der Waals surface area contributed by atoms with Crippen LogP contribution in [0.3, 0.4) is 0 Å². The van der Waals surface area contributed by atoms with Crippen molar-refractivity contribution in [3.05, 3.63) is 5.89 Å². The number of anilines is 1. The fraction of sp³-hybridized carbons (Fsp3) is 0.700. The van der Waals surface area contributed by atoms with Crippen LogP contribution >= 0.6 is 0 Å². The Hall–Kier alpha value is -1.63. The normalized spacial score (nSPS) is 19.3. The van der Waals surface area contributed by atoms with E-state index in [0.717, 1.165) is 19.4 Å². The van der Waals surface area contributed by atoms with Crippen molar-refractivity contribution >= 4 is 11.9 Å². The van der Waals surface area contributed by atoms with Crippen LogP contribution in [0.2, 0.25) is 0 Å². The molecule has 7 nitrogen and oxygen atoms in total. The van der Waals surface area contributed by atoms with Gasteiger partial charge in [-0.3, -0.25) is 4.79 Å². The van der Waals surface area contributed by atoms with Crippen molar-refractivity contribution in [2.24, 2.45) is 0 Å². The van der Waals surface area contributed by atoms with Crippen LogP contribution in [0.4, 0.5) is 5.95 Å². The van der Waals surface area contributed by atoms with Gasteiger partial charge in [-0.1, -0.05) is 0 Å². The second kappa shape index (κ2) is 5.13. The summed E-state index contributed by atoms with van der Waals surface area (Å²) in [5, 5.41) is 9.67. The minimum atomic E-state index is -0.0776. The number of carbonyl (C=O) groups is 1. The molecular weight excluding hydrogens is 222 g/mol. The van der Waals surface area contributed by atoms with Crippen molar-refractivity contribution in [3.63, 3.8) is 0 Å². The van der Waals surface area contributed by atoms with Crippen LogP contribution < -0.4 is 15.5 Å². The number of rotatable bonds is 4. The number of aromatic nitrogens is 2. The topological polar surface area (TPSA) is 83.3 Å². The van der Waals surface area contributed by atoms with E-state index in [1.54, 1.807) is 4.90 Å². The molecule has 1 aromatic rings. The maximum atomic E-state index is 11.7. The van der Waals surface area contributed by atoms with E-state index in [4.69, 9.17) is 4.52 Å². The van der Waals surface area contributed by atoms with Gasteiger partial charge in [0.2, 0.25) is 11.8 Å². The number of hydrogen-bond donors (Lipinski definition) is 2. The standard InChI is InChI=1S/C10H17N5O2/c1-15(2)10-13-8(17-14-10)6-12-9(16)7-4-3-5-11-7/h7,11H,3-6H2,1-2H3,(H,12,16). The molecule has 1 aliphatic heterocycles. The van der Waals surface area contributed by atoms with E-state index in [9.17, 15) is 4.79 Å². The van der Waals surface area contributed by atoms with Gasteiger partial charge in [0.1, 0.15) is 0 Å². The van der Waals surface area contributed by atoms with Crippen LogP contribution in [0.15, 0.2) is 4.52 Å². The number of carbonyl (C=O) groups excluding carboxylic acids is 1. The molecule has 0 aromatic carbocycles. The van der Waals surface area contributed by atoms with E-state index < -0.39 is 0 Å². The summed E-state index contributed by atoms with van der Waals surface area (Å²) in [6, 6.07) is -0.0776. The summed E-state index contributed by atoms with van der Waals surface area (Å²) < 4.78 is 5.00. The molecule has 1 amide bonds. The third-order valence-corrected chi connectivity index (χ3v) is 2.65. The van der Waals surface area contributed by atoms with Gasteiger partial charge < -0.3 is 20.1 Å². The number of hydrogen-bond acceptors (Lipinski definition) is 6. The Labute approximate surface area is 99.6 Å². The smallest absolute Gasteiger partial charge is 0.265 e. The van der Waals surface area contributed by atoms with Gasteiger partial charge in [-0.2, -0.15) is 4.98 Å². The average Bonchev–Trinajstić information content (AvgIpc) is 2.97. The quantitative estimate of drug-likeness (QED) is 0.737. The largest absolute Gasteiger partial charge is 0.346 e. The highest BCUT2D eigenvalue weighted by Gasteiger charge is 2.22. The third-order valence-electron chi connectivity index (χ3n) is 2.65. The van der Waals surface area contributed by atoms with Gasteiger partial charge in [0.25, 0.3) is 5.95 Å². The fourth-order valence-electron chi connectivity index (χ4n) is 1.69. The zero-order valence-corrected chi connectivity index (χ0v) is 10.1. The van der Waals surface area contributed by atoms with E-state index in [-0.39, 0.29) is 18.5 Å². The molecule has 1 atom stereocenters. The van der Waals surface area contributed by atoms with Crippen molar-refractivity contribution in [2.75, 3.05) is 25.5 Å². The highest BCUT2D eigenvalue weighted by atomic mass is 16.5. The fourth-order valence-corrected chi connectivity index (χ4v) is 1.69. The lowest BCUT2D eigenvalue weighted by Gasteiger charge is -2.08. The first-order chi connectivity index (χ1) is 8.16. The van der Waals surface area contributed by atoms with Gasteiger partial charge in [-0.15, -0.1) is 0 Å². The second-order valence-corrected chi connectivity index (χ2v) is 4.25. The Bertz CT molecular complexity index is 384. The maximum absolute atomic E-state index is 11.7. The summed E-state index contributed by atoms with van der Waals surface area (Å²) in [4.78, 5) is 17.6. The summed E-state index contributed by atoms with van der Waals surface area (Å²) in [6.07, 6.45) is 1.93. The minimum Gasteiger partial charge on any atom is -0.346 e. The minimum absolute atomic E-state index is 0.00731. The second-order valence-electron chi connectivity index (χ2n) is 4.25. The molecule has 1 fully saturated rings. The molecule has 0 bridgehead atoms. The van der Waals surface area contributed by atoms with Gasteiger partial charge in [-0.05, 0) is 24.5 Å². The summed E-state index contributed by atoms with van der Waals surface area (Å²) in [7, 11) is 3.66. The molecule has 1 saturated heterocycles. The summed E-state index contributed by atoms with van der Waals surface area (Å²) in [5.74, 6) is 0.917. The molecule has 7 heteroatoms. The molecule has 94 valence electrons.